The highest BCUT2D eigenvalue weighted by atomic mass is 32.2. The fourth-order valence-electron chi connectivity index (χ4n) is 2.19. The summed E-state index contributed by atoms with van der Waals surface area (Å²) in [5, 5.41) is 10.3. The number of carboxylic acid groups (broad SMARTS) is 1. The van der Waals surface area contributed by atoms with Crippen molar-refractivity contribution in [2.45, 2.75) is 30.7 Å². The molecule has 1 atom stereocenters. The Morgan fingerprint density at radius 3 is 2.52 bits per heavy atom. The first kappa shape index (κ1) is 15.5. The van der Waals surface area contributed by atoms with Gasteiger partial charge in [0.1, 0.15) is 0 Å². The van der Waals surface area contributed by atoms with Crippen LogP contribution < -0.4 is 4.72 Å². The Labute approximate surface area is 123 Å². The maximum absolute atomic E-state index is 12.5. The minimum Gasteiger partial charge on any atom is -0.481 e. The number of rotatable bonds is 6. The van der Waals surface area contributed by atoms with Crippen LogP contribution in [-0.2, 0) is 14.8 Å². The molecule has 6 heteroatoms. The van der Waals surface area contributed by atoms with E-state index < -0.39 is 22.0 Å². The Morgan fingerprint density at radius 2 is 1.86 bits per heavy atom. The minimum absolute atomic E-state index is 0.171. The van der Waals surface area contributed by atoms with Crippen molar-refractivity contribution in [2.24, 2.45) is 0 Å². The van der Waals surface area contributed by atoms with Crippen LogP contribution in [0.1, 0.15) is 19.8 Å². The molecule has 0 heterocycles. The van der Waals surface area contributed by atoms with Crippen molar-refractivity contribution in [3.63, 3.8) is 0 Å². The summed E-state index contributed by atoms with van der Waals surface area (Å²) >= 11 is 0. The predicted molar refractivity (Wildman–Crippen MR) is 80.6 cm³/mol. The molecule has 1 unspecified atom stereocenters. The Hall–Kier alpha value is -1.92. The Kier molecular flexibility index (Phi) is 4.59. The van der Waals surface area contributed by atoms with Gasteiger partial charge < -0.3 is 5.11 Å². The molecule has 0 aliphatic carbocycles. The molecule has 5 nitrogen and oxygen atoms in total. The SMILES string of the molecule is CCC(CC(=O)O)NS(=O)(=O)c1cccc2ccccc12. The van der Waals surface area contributed by atoms with E-state index in [1.54, 1.807) is 25.1 Å². The van der Waals surface area contributed by atoms with Gasteiger partial charge in [-0.1, -0.05) is 43.3 Å². The lowest BCUT2D eigenvalue weighted by atomic mass is 10.1. The summed E-state index contributed by atoms with van der Waals surface area (Å²) in [6.45, 7) is 1.75. The van der Waals surface area contributed by atoms with Gasteiger partial charge in [0.15, 0.2) is 0 Å². The highest BCUT2D eigenvalue weighted by molar-refractivity contribution is 7.89. The first-order valence-corrected chi connectivity index (χ1v) is 8.14. The molecule has 2 N–H and O–H groups in total. The number of aliphatic carboxylic acids is 1. The van der Waals surface area contributed by atoms with Gasteiger partial charge in [-0.2, -0.15) is 0 Å². The number of benzene rings is 2. The third-order valence-electron chi connectivity index (χ3n) is 3.27. The molecular formula is C15H17NO4S. The largest absolute Gasteiger partial charge is 0.481 e. The lowest BCUT2D eigenvalue weighted by molar-refractivity contribution is -0.137. The van der Waals surface area contributed by atoms with Crippen LogP contribution >= 0.6 is 0 Å². The molecule has 2 rings (SSSR count). The summed E-state index contributed by atoms with van der Waals surface area (Å²) in [6.07, 6.45) is 0.177. The van der Waals surface area contributed by atoms with Crippen LogP contribution in [-0.4, -0.2) is 25.5 Å². The highest BCUT2D eigenvalue weighted by Crippen LogP contribution is 2.23. The zero-order valence-electron chi connectivity index (χ0n) is 11.6. The molecule has 0 fully saturated rings. The van der Waals surface area contributed by atoms with Crippen molar-refractivity contribution < 1.29 is 18.3 Å². The molecule has 2 aromatic carbocycles. The van der Waals surface area contributed by atoms with Crippen molar-refractivity contribution in [1.82, 2.24) is 4.72 Å². The average Bonchev–Trinajstić information content (AvgIpc) is 2.45. The second kappa shape index (κ2) is 6.24. The van der Waals surface area contributed by atoms with Crippen LogP contribution in [0.3, 0.4) is 0 Å². The maximum atomic E-state index is 12.5. The van der Waals surface area contributed by atoms with Gasteiger partial charge in [-0.05, 0) is 17.9 Å². The molecule has 21 heavy (non-hydrogen) atoms. The van der Waals surface area contributed by atoms with Gasteiger partial charge in [-0.25, -0.2) is 13.1 Å². The van der Waals surface area contributed by atoms with Gasteiger partial charge in [-0.15, -0.1) is 0 Å². The fourth-order valence-corrected chi connectivity index (χ4v) is 3.74. The van der Waals surface area contributed by atoms with Crippen LogP contribution in [0.15, 0.2) is 47.4 Å². The molecule has 0 spiro atoms. The molecule has 2 aromatic rings. The van der Waals surface area contributed by atoms with Crippen molar-refractivity contribution in [2.75, 3.05) is 0 Å². The molecule has 0 saturated carbocycles. The molecule has 0 bridgehead atoms. The third kappa shape index (κ3) is 3.59. The number of fused-ring (bicyclic) bond motifs is 1. The minimum atomic E-state index is -3.76. The summed E-state index contributed by atoms with van der Waals surface area (Å²) in [7, 11) is -3.76. The normalized spacial score (nSPS) is 13.2. The standard InChI is InChI=1S/C15H17NO4S/c1-2-12(10-15(17)18)16-21(19,20)14-9-5-7-11-6-3-4-8-13(11)14/h3-9,12,16H,2,10H2,1H3,(H,17,18). The van der Waals surface area contributed by atoms with E-state index in [0.717, 1.165) is 5.39 Å². The number of carboxylic acids is 1. The lowest BCUT2D eigenvalue weighted by Crippen LogP contribution is -2.36. The van der Waals surface area contributed by atoms with E-state index in [4.69, 9.17) is 5.11 Å². The van der Waals surface area contributed by atoms with Gasteiger partial charge in [-0.3, -0.25) is 4.79 Å². The summed E-state index contributed by atoms with van der Waals surface area (Å²) in [6, 6.07) is 11.6. The Morgan fingerprint density at radius 1 is 1.19 bits per heavy atom. The summed E-state index contributed by atoms with van der Waals surface area (Å²) in [5.74, 6) is -1.03. The number of hydrogen-bond donors (Lipinski definition) is 2. The maximum Gasteiger partial charge on any atom is 0.304 e. The topological polar surface area (TPSA) is 83.5 Å². The van der Waals surface area contributed by atoms with Crippen LogP contribution in [0.25, 0.3) is 10.8 Å². The summed E-state index contributed by atoms with van der Waals surface area (Å²) in [5.41, 5.74) is 0. The van der Waals surface area contributed by atoms with Crippen LogP contribution in [0.4, 0.5) is 0 Å². The fraction of sp³-hybridized carbons (Fsp3) is 0.267. The first-order valence-electron chi connectivity index (χ1n) is 6.66. The number of carbonyl (C=O) groups is 1. The monoisotopic (exact) mass is 307 g/mol. The Balaban J connectivity index is 2.40. The highest BCUT2D eigenvalue weighted by Gasteiger charge is 2.22. The van der Waals surface area contributed by atoms with Gasteiger partial charge in [0, 0.05) is 11.4 Å². The van der Waals surface area contributed by atoms with E-state index in [-0.39, 0.29) is 11.3 Å². The number of hydrogen-bond acceptors (Lipinski definition) is 3. The van der Waals surface area contributed by atoms with E-state index in [2.05, 4.69) is 4.72 Å². The van der Waals surface area contributed by atoms with E-state index in [9.17, 15) is 13.2 Å². The zero-order valence-corrected chi connectivity index (χ0v) is 12.4. The predicted octanol–water partition coefficient (Wildman–Crippen LogP) is 2.37. The second-order valence-electron chi connectivity index (χ2n) is 4.80. The molecule has 0 amide bonds. The van der Waals surface area contributed by atoms with Crippen LogP contribution in [0.2, 0.25) is 0 Å². The molecule has 0 radical (unpaired) electrons. The van der Waals surface area contributed by atoms with Crippen molar-refractivity contribution in [1.29, 1.82) is 0 Å². The van der Waals surface area contributed by atoms with Gasteiger partial charge in [0.05, 0.1) is 11.3 Å². The van der Waals surface area contributed by atoms with Crippen molar-refractivity contribution in [3.8, 4) is 0 Å². The Bertz CT molecular complexity index is 750. The second-order valence-corrected chi connectivity index (χ2v) is 6.48. The summed E-state index contributed by atoms with van der Waals surface area (Å²) in [4.78, 5) is 10.9. The smallest absolute Gasteiger partial charge is 0.304 e. The van der Waals surface area contributed by atoms with Crippen molar-refractivity contribution >= 4 is 26.8 Å². The number of nitrogens with one attached hydrogen (secondary N) is 1. The molecule has 112 valence electrons. The molecule has 0 aromatic heterocycles. The average molecular weight is 307 g/mol. The van der Waals surface area contributed by atoms with E-state index in [1.165, 1.54) is 6.07 Å². The van der Waals surface area contributed by atoms with Crippen LogP contribution in [0, 0.1) is 0 Å². The molecule has 0 saturated heterocycles. The molecular weight excluding hydrogens is 290 g/mol. The van der Waals surface area contributed by atoms with Crippen LogP contribution in [0.5, 0.6) is 0 Å². The quantitative estimate of drug-likeness (QED) is 0.858. The third-order valence-corrected chi connectivity index (χ3v) is 4.85. The lowest BCUT2D eigenvalue weighted by Gasteiger charge is -2.16. The van der Waals surface area contributed by atoms with Gasteiger partial charge in [0.25, 0.3) is 0 Å². The zero-order chi connectivity index (χ0) is 15.5. The van der Waals surface area contributed by atoms with Gasteiger partial charge >= 0.3 is 5.97 Å². The van der Waals surface area contributed by atoms with E-state index >= 15 is 0 Å². The van der Waals surface area contributed by atoms with Crippen molar-refractivity contribution in [3.05, 3.63) is 42.5 Å². The molecule has 0 aliphatic heterocycles. The van der Waals surface area contributed by atoms with E-state index in [1.807, 2.05) is 18.2 Å². The summed E-state index contributed by atoms with van der Waals surface area (Å²) < 4.78 is 27.5. The first-order chi connectivity index (χ1) is 9.94. The van der Waals surface area contributed by atoms with Gasteiger partial charge in [0.2, 0.25) is 10.0 Å². The van der Waals surface area contributed by atoms with E-state index in [0.29, 0.717) is 11.8 Å². The number of sulfonamides is 1. The molecule has 0 aliphatic rings.